The molecular weight excluding hydrogens is 339 g/mol. The van der Waals surface area contributed by atoms with Gasteiger partial charge in [-0.15, -0.1) is 0 Å². The summed E-state index contributed by atoms with van der Waals surface area (Å²) in [7, 11) is -3.59. The molecule has 2 aromatic rings. The molecule has 0 bridgehead atoms. The van der Waals surface area contributed by atoms with E-state index in [0.29, 0.717) is 6.20 Å². The van der Waals surface area contributed by atoms with Crippen LogP contribution in [0, 0.1) is 0 Å². The molecule has 0 spiro atoms. The van der Waals surface area contributed by atoms with Gasteiger partial charge < -0.3 is 0 Å². The molecule has 0 N–H and O–H groups in total. The van der Waals surface area contributed by atoms with E-state index in [0.717, 1.165) is 36.5 Å². The van der Waals surface area contributed by atoms with Crippen LogP contribution < -0.4 is 0 Å². The molecule has 0 aromatic carbocycles. The highest BCUT2D eigenvalue weighted by Gasteiger charge is 2.35. The van der Waals surface area contributed by atoms with Crippen LogP contribution in [-0.4, -0.2) is 35.9 Å². The highest BCUT2D eigenvalue weighted by Crippen LogP contribution is 2.36. The first kappa shape index (κ1) is 16.7. The number of thioether (sulfide) groups is 1. The molecule has 0 radical (unpaired) electrons. The van der Waals surface area contributed by atoms with Gasteiger partial charge in [0.05, 0.1) is 10.6 Å². The Balaban J connectivity index is 2.70. The lowest BCUT2D eigenvalue weighted by Crippen LogP contribution is -2.10. The normalized spacial score (nSPS) is 12.4. The van der Waals surface area contributed by atoms with Gasteiger partial charge >= 0.3 is 6.18 Å². The van der Waals surface area contributed by atoms with Gasteiger partial charge in [0, 0.05) is 30.4 Å². The number of halogens is 3. The maximum Gasteiger partial charge on any atom is 0.419 e. The molecule has 0 atom stereocenters. The maximum absolute atomic E-state index is 13.1. The fourth-order valence-electron chi connectivity index (χ4n) is 1.64. The molecular formula is C12H10F3N3O2S2. The van der Waals surface area contributed by atoms with Crippen molar-refractivity contribution in [3.05, 3.63) is 30.2 Å². The second kappa shape index (κ2) is 5.84. The number of rotatable bonds is 3. The lowest BCUT2D eigenvalue weighted by atomic mass is 10.1. The van der Waals surface area contributed by atoms with Crippen LogP contribution in [0.1, 0.15) is 5.56 Å². The second-order valence-corrected chi connectivity index (χ2v) is 7.09. The van der Waals surface area contributed by atoms with Gasteiger partial charge in [-0.3, -0.25) is 4.98 Å². The Morgan fingerprint density at radius 2 is 1.86 bits per heavy atom. The molecule has 2 heterocycles. The summed E-state index contributed by atoms with van der Waals surface area (Å²) in [5.74, 6) is 0. The fourth-order valence-corrected chi connectivity index (χ4v) is 2.58. The number of nitrogens with zero attached hydrogens (tertiary/aromatic N) is 3. The van der Waals surface area contributed by atoms with Crippen LogP contribution in [0.3, 0.4) is 0 Å². The van der Waals surface area contributed by atoms with Gasteiger partial charge in [0.1, 0.15) is 5.56 Å². The highest BCUT2D eigenvalue weighted by molar-refractivity contribution is 7.98. The highest BCUT2D eigenvalue weighted by atomic mass is 32.2. The summed E-state index contributed by atoms with van der Waals surface area (Å²) >= 11 is 1.08. The van der Waals surface area contributed by atoms with Gasteiger partial charge in [0.15, 0.2) is 15.0 Å². The molecule has 0 saturated heterocycles. The second-order valence-electron chi connectivity index (χ2n) is 4.30. The monoisotopic (exact) mass is 349 g/mol. The molecule has 22 heavy (non-hydrogen) atoms. The smallest absolute Gasteiger partial charge is 0.263 e. The van der Waals surface area contributed by atoms with Crippen LogP contribution in [0.15, 0.2) is 34.7 Å². The van der Waals surface area contributed by atoms with Crippen LogP contribution in [-0.2, 0) is 16.0 Å². The van der Waals surface area contributed by atoms with Crippen molar-refractivity contribution in [2.24, 2.45) is 0 Å². The maximum atomic E-state index is 13.1. The van der Waals surface area contributed by atoms with E-state index in [9.17, 15) is 21.6 Å². The van der Waals surface area contributed by atoms with Crippen LogP contribution in [0.25, 0.3) is 11.3 Å². The van der Waals surface area contributed by atoms with E-state index in [-0.39, 0.29) is 15.6 Å². The first-order valence-electron chi connectivity index (χ1n) is 5.76. The number of aromatic nitrogens is 3. The van der Waals surface area contributed by atoms with Gasteiger partial charge in [-0.2, -0.15) is 13.2 Å². The Kier molecular flexibility index (Phi) is 4.43. The van der Waals surface area contributed by atoms with E-state index in [1.165, 1.54) is 0 Å². The summed E-state index contributed by atoms with van der Waals surface area (Å²) in [4.78, 5) is 11.0. The van der Waals surface area contributed by atoms with E-state index in [1.807, 2.05) is 0 Å². The van der Waals surface area contributed by atoms with Crippen molar-refractivity contribution >= 4 is 21.6 Å². The number of sulfone groups is 1. The predicted octanol–water partition coefficient (Wildman–Crippen LogP) is 2.68. The minimum atomic E-state index is -4.66. The Bertz CT molecular complexity index is 808. The average molecular weight is 349 g/mol. The van der Waals surface area contributed by atoms with Gasteiger partial charge in [-0.05, 0) is 12.3 Å². The van der Waals surface area contributed by atoms with Gasteiger partial charge in [-0.25, -0.2) is 18.4 Å². The first-order valence-corrected chi connectivity index (χ1v) is 8.88. The van der Waals surface area contributed by atoms with E-state index >= 15 is 0 Å². The molecule has 0 unspecified atom stereocenters. The minimum Gasteiger partial charge on any atom is -0.263 e. The van der Waals surface area contributed by atoms with Crippen molar-refractivity contribution in [2.45, 2.75) is 16.2 Å². The molecule has 0 aliphatic carbocycles. The molecule has 0 fully saturated rings. The third-order valence-electron chi connectivity index (χ3n) is 2.67. The summed E-state index contributed by atoms with van der Waals surface area (Å²) in [5.41, 5.74) is -1.48. The van der Waals surface area contributed by atoms with E-state index in [4.69, 9.17) is 0 Å². The zero-order valence-corrected chi connectivity index (χ0v) is 13.1. The van der Waals surface area contributed by atoms with E-state index < -0.39 is 27.3 Å². The molecule has 2 aromatic heterocycles. The van der Waals surface area contributed by atoms with Gasteiger partial charge in [-0.1, -0.05) is 11.8 Å². The molecule has 10 heteroatoms. The lowest BCUT2D eigenvalue weighted by molar-refractivity contribution is -0.137. The van der Waals surface area contributed by atoms with Crippen molar-refractivity contribution in [1.82, 2.24) is 15.0 Å². The zero-order valence-electron chi connectivity index (χ0n) is 11.4. The molecule has 0 amide bonds. The number of hydrogen-bond donors (Lipinski definition) is 0. The number of hydrogen-bond acceptors (Lipinski definition) is 6. The van der Waals surface area contributed by atoms with Gasteiger partial charge in [0.2, 0.25) is 0 Å². The Hall–Kier alpha value is -1.68. The summed E-state index contributed by atoms with van der Waals surface area (Å²) in [6, 6.07) is 1.12. The zero-order chi connectivity index (χ0) is 16.5. The SMILES string of the molecule is CSc1ncc(C(F)(F)F)c(-c2cncc(S(C)(=O)=O)c2)n1. The molecule has 0 saturated carbocycles. The summed E-state index contributed by atoms with van der Waals surface area (Å²) in [5, 5.41) is 0.146. The molecule has 2 rings (SSSR count). The third-order valence-corrected chi connectivity index (χ3v) is 4.31. The fraction of sp³-hybridized carbons (Fsp3) is 0.250. The number of pyridine rings is 1. The van der Waals surface area contributed by atoms with E-state index in [2.05, 4.69) is 15.0 Å². The van der Waals surface area contributed by atoms with Gasteiger partial charge in [0.25, 0.3) is 0 Å². The molecule has 118 valence electrons. The third kappa shape index (κ3) is 3.55. The summed E-state index contributed by atoms with van der Waals surface area (Å²) < 4.78 is 62.3. The lowest BCUT2D eigenvalue weighted by Gasteiger charge is -2.12. The largest absolute Gasteiger partial charge is 0.419 e. The van der Waals surface area contributed by atoms with Crippen LogP contribution in [0.4, 0.5) is 13.2 Å². The molecule has 5 nitrogen and oxygen atoms in total. The van der Waals surface area contributed by atoms with Crippen molar-refractivity contribution < 1.29 is 21.6 Å². The van der Waals surface area contributed by atoms with Crippen molar-refractivity contribution in [3.63, 3.8) is 0 Å². The summed E-state index contributed by atoms with van der Waals surface area (Å²) in [6.45, 7) is 0. The van der Waals surface area contributed by atoms with E-state index in [1.54, 1.807) is 6.26 Å². The Labute approximate surface area is 128 Å². The Morgan fingerprint density at radius 1 is 1.18 bits per heavy atom. The van der Waals surface area contributed by atoms with Crippen LogP contribution in [0.5, 0.6) is 0 Å². The summed E-state index contributed by atoms with van der Waals surface area (Å²) in [6.07, 6.45) is 0.803. The first-order chi connectivity index (χ1) is 10.1. The quantitative estimate of drug-likeness (QED) is 0.627. The topological polar surface area (TPSA) is 72.8 Å². The van der Waals surface area contributed by atoms with Crippen LogP contribution >= 0.6 is 11.8 Å². The number of alkyl halides is 3. The van der Waals surface area contributed by atoms with Crippen molar-refractivity contribution in [3.8, 4) is 11.3 Å². The minimum absolute atomic E-state index is 0.0343. The van der Waals surface area contributed by atoms with Crippen molar-refractivity contribution in [1.29, 1.82) is 0 Å². The standard InChI is InChI=1S/C12H10F3N3O2S2/c1-21-11-17-6-9(12(13,14)15)10(18-11)7-3-8(5-16-4-7)22(2,19)20/h3-6H,1-2H3. The average Bonchev–Trinajstić information content (AvgIpc) is 2.45. The van der Waals surface area contributed by atoms with Crippen LogP contribution in [0.2, 0.25) is 0 Å². The Morgan fingerprint density at radius 3 is 2.41 bits per heavy atom. The van der Waals surface area contributed by atoms with Crippen molar-refractivity contribution in [2.75, 3.05) is 12.5 Å². The molecule has 0 aliphatic rings. The predicted molar refractivity (Wildman–Crippen MR) is 75.2 cm³/mol. The molecule has 0 aliphatic heterocycles.